The molecule has 0 spiro atoms. The molecular formula is C10H15NO3S. The Hall–Kier alpha value is -1.07. The Bertz CT molecular complexity index is 411. The number of methoxy groups -OCH3 is 1. The first kappa shape index (κ1) is 12.0. The second-order valence-corrected chi connectivity index (χ2v) is 5.37. The van der Waals surface area contributed by atoms with Crippen LogP contribution in [0.2, 0.25) is 0 Å². The lowest BCUT2D eigenvalue weighted by Crippen LogP contribution is -2.23. The largest absolute Gasteiger partial charge is 0.497 e. The Morgan fingerprint density at radius 2 is 1.80 bits per heavy atom. The molecule has 0 aliphatic heterocycles. The van der Waals surface area contributed by atoms with Gasteiger partial charge in [0.2, 0.25) is 10.0 Å². The molecule has 0 aliphatic rings. The van der Waals surface area contributed by atoms with E-state index in [1.807, 2.05) is 0 Å². The van der Waals surface area contributed by atoms with Gasteiger partial charge in [0.1, 0.15) is 5.75 Å². The minimum absolute atomic E-state index is 0.562. The van der Waals surface area contributed by atoms with Gasteiger partial charge in [-0.15, -0.1) is 0 Å². The number of sulfonamides is 1. The van der Waals surface area contributed by atoms with E-state index in [4.69, 9.17) is 4.74 Å². The third-order valence-electron chi connectivity index (χ3n) is 2.34. The van der Waals surface area contributed by atoms with Gasteiger partial charge in [-0.1, -0.05) is 12.1 Å². The van der Waals surface area contributed by atoms with Gasteiger partial charge in [0.05, 0.1) is 12.4 Å². The summed E-state index contributed by atoms with van der Waals surface area (Å²) in [5.41, 5.74) is 0.741. The summed E-state index contributed by atoms with van der Waals surface area (Å²) in [5, 5.41) is -0.562. The molecule has 0 bridgehead atoms. The van der Waals surface area contributed by atoms with Crippen molar-refractivity contribution in [2.75, 3.05) is 14.2 Å². The first-order valence-electron chi connectivity index (χ1n) is 4.57. The Morgan fingerprint density at radius 3 is 2.20 bits per heavy atom. The van der Waals surface area contributed by atoms with Crippen molar-refractivity contribution in [3.63, 3.8) is 0 Å². The van der Waals surface area contributed by atoms with E-state index in [0.717, 1.165) is 5.56 Å². The van der Waals surface area contributed by atoms with Crippen LogP contribution in [0.25, 0.3) is 0 Å². The lowest BCUT2D eigenvalue weighted by Gasteiger charge is -2.12. The Morgan fingerprint density at radius 1 is 1.27 bits per heavy atom. The van der Waals surface area contributed by atoms with Gasteiger partial charge in [0.25, 0.3) is 0 Å². The molecule has 1 atom stereocenters. The van der Waals surface area contributed by atoms with Crippen LogP contribution in [0, 0.1) is 0 Å². The van der Waals surface area contributed by atoms with Crippen molar-refractivity contribution in [2.45, 2.75) is 12.2 Å². The number of ether oxygens (including phenoxy) is 1. The molecule has 1 aromatic rings. The highest BCUT2D eigenvalue weighted by atomic mass is 32.2. The summed E-state index contributed by atoms with van der Waals surface area (Å²) in [6, 6.07) is 6.99. The summed E-state index contributed by atoms with van der Waals surface area (Å²) in [5.74, 6) is 0.716. The highest BCUT2D eigenvalue weighted by Gasteiger charge is 2.20. The average molecular weight is 229 g/mol. The fraction of sp³-hybridized carbons (Fsp3) is 0.400. The van der Waals surface area contributed by atoms with Crippen molar-refractivity contribution >= 4 is 10.0 Å². The predicted molar refractivity (Wildman–Crippen MR) is 59.4 cm³/mol. The molecular weight excluding hydrogens is 214 g/mol. The minimum atomic E-state index is -3.26. The molecule has 0 radical (unpaired) electrons. The summed E-state index contributed by atoms with van der Waals surface area (Å²) in [7, 11) is -0.277. The van der Waals surface area contributed by atoms with Crippen molar-refractivity contribution in [3.8, 4) is 5.75 Å². The van der Waals surface area contributed by atoms with E-state index < -0.39 is 15.3 Å². The first-order chi connectivity index (χ1) is 7.01. The van der Waals surface area contributed by atoms with E-state index in [9.17, 15) is 8.42 Å². The molecule has 0 saturated carbocycles. The molecule has 0 fully saturated rings. The molecule has 0 aliphatic carbocycles. The predicted octanol–water partition coefficient (Wildman–Crippen LogP) is 1.31. The maximum absolute atomic E-state index is 11.5. The smallest absolute Gasteiger partial charge is 0.218 e. The zero-order chi connectivity index (χ0) is 11.5. The molecule has 5 heteroatoms. The lowest BCUT2D eigenvalue weighted by atomic mass is 10.2. The fourth-order valence-corrected chi connectivity index (χ4v) is 2.10. The number of rotatable bonds is 4. The Kier molecular flexibility index (Phi) is 3.71. The quantitative estimate of drug-likeness (QED) is 0.846. The van der Waals surface area contributed by atoms with Crippen LogP contribution in [-0.2, 0) is 10.0 Å². The average Bonchev–Trinajstić information content (AvgIpc) is 2.28. The number of hydrogen-bond donors (Lipinski definition) is 1. The molecule has 1 rings (SSSR count). The van der Waals surface area contributed by atoms with Crippen LogP contribution in [0.4, 0.5) is 0 Å². The number of hydrogen-bond acceptors (Lipinski definition) is 3. The van der Waals surface area contributed by atoms with Crippen LogP contribution in [0.3, 0.4) is 0 Å². The van der Waals surface area contributed by atoms with Gasteiger partial charge in [-0.05, 0) is 31.7 Å². The molecule has 0 saturated heterocycles. The van der Waals surface area contributed by atoms with E-state index in [1.54, 1.807) is 38.3 Å². The maximum atomic E-state index is 11.5. The lowest BCUT2D eigenvalue weighted by molar-refractivity contribution is 0.414. The fourth-order valence-electron chi connectivity index (χ4n) is 1.23. The molecule has 1 N–H and O–H groups in total. The Labute approximate surface area is 90.3 Å². The van der Waals surface area contributed by atoms with Crippen molar-refractivity contribution in [1.29, 1.82) is 0 Å². The van der Waals surface area contributed by atoms with Crippen LogP contribution in [0.15, 0.2) is 24.3 Å². The third-order valence-corrected chi connectivity index (χ3v) is 4.11. The van der Waals surface area contributed by atoms with E-state index in [2.05, 4.69) is 4.72 Å². The molecule has 15 heavy (non-hydrogen) atoms. The van der Waals surface area contributed by atoms with Gasteiger partial charge >= 0.3 is 0 Å². The van der Waals surface area contributed by atoms with Crippen LogP contribution in [0.1, 0.15) is 17.7 Å². The second kappa shape index (κ2) is 4.63. The van der Waals surface area contributed by atoms with Crippen LogP contribution in [-0.4, -0.2) is 22.6 Å². The monoisotopic (exact) mass is 229 g/mol. The minimum Gasteiger partial charge on any atom is -0.497 e. The molecule has 0 heterocycles. The SMILES string of the molecule is CNS(=O)(=O)C(C)c1ccc(OC)cc1. The van der Waals surface area contributed by atoms with E-state index in [-0.39, 0.29) is 0 Å². The maximum Gasteiger partial charge on any atom is 0.218 e. The van der Waals surface area contributed by atoms with Gasteiger partial charge in [-0.2, -0.15) is 0 Å². The summed E-state index contributed by atoms with van der Waals surface area (Å²) in [6.45, 7) is 1.65. The summed E-state index contributed by atoms with van der Waals surface area (Å²) < 4.78 is 30.3. The molecule has 4 nitrogen and oxygen atoms in total. The zero-order valence-electron chi connectivity index (χ0n) is 9.02. The molecule has 1 aromatic carbocycles. The van der Waals surface area contributed by atoms with E-state index >= 15 is 0 Å². The van der Waals surface area contributed by atoms with Crippen LogP contribution >= 0.6 is 0 Å². The van der Waals surface area contributed by atoms with Crippen molar-refractivity contribution in [1.82, 2.24) is 4.72 Å². The van der Waals surface area contributed by atoms with Crippen molar-refractivity contribution < 1.29 is 13.2 Å². The number of nitrogens with one attached hydrogen (secondary N) is 1. The van der Waals surface area contributed by atoms with Crippen LogP contribution in [0.5, 0.6) is 5.75 Å². The summed E-state index contributed by atoms with van der Waals surface area (Å²) in [4.78, 5) is 0. The van der Waals surface area contributed by atoms with Crippen LogP contribution < -0.4 is 9.46 Å². The third kappa shape index (κ3) is 2.70. The normalized spacial score (nSPS) is 13.5. The van der Waals surface area contributed by atoms with E-state index in [1.165, 1.54) is 7.05 Å². The molecule has 84 valence electrons. The molecule has 0 aromatic heterocycles. The highest BCUT2D eigenvalue weighted by Crippen LogP contribution is 2.22. The first-order valence-corrected chi connectivity index (χ1v) is 6.12. The summed E-state index contributed by atoms with van der Waals surface area (Å²) >= 11 is 0. The van der Waals surface area contributed by atoms with Gasteiger partial charge in [0.15, 0.2) is 0 Å². The van der Waals surface area contributed by atoms with Gasteiger partial charge < -0.3 is 4.74 Å². The Balaban J connectivity index is 2.97. The van der Waals surface area contributed by atoms with E-state index in [0.29, 0.717) is 5.75 Å². The van der Waals surface area contributed by atoms with Crippen molar-refractivity contribution in [2.24, 2.45) is 0 Å². The van der Waals surface area contributed by atoms with Gasteiger partial charge in [-0.25, -0.2) is 13.1 Å². The number of benzene rings is 1. The van der Waals surface area contributed by atoms with Crippen molar-refractivity contribution in [3.05, 3.63) is 29.8 Å². The van der Waals surface area contributed by atoms with Gasteiger partial charge in [-0.3, -0.25) is 0 Å². The molecule has 0 amide bonds. The topological polar surface area (TPSA) is 55.4 Å². The highest BCUT2D eigenvalue weighted by molar-refractivity contribution is 7.89. The molecule has 1 unspecified atom stereocenters. The zero-order valence-corrected chi connectivity index (χ0v) is 9.84. The standard InChI is InChI=1S/C10H15NO3S/c1-8(15(12,13)11-2)9-4-6-10(14-3)7-5-9/h4-8,11H,1-3H3. The van der Waals surface area contributed by atoms with Gasteiger partial charge in [0, 0.05) is 0 Å². The summed E-state index contributed by atoms with van der Waals surface area (Å²) in [6.07, 6.45) is 0. The second-order valence-electron chi connectivity index (χ2n) is 3.16.